The molecule has 5 nitrogen and oxygen atoms in total. The lowest BCUT2D eigenvalue weighted by atomic mass is 9.96. The smallest absolute Gasteiger partial charge is 0.315 e. The lowest BCUT2D eigenvalue weighted by Crippen LogP contribution is -2.50. The first-order chi connectivity index (χ1) is 8.38. The normalized spacial score (nSPS) is 12.9. The second-order valence-electron chi connectivity index (χ2n) is 4.93. The van der Waals surface area contributed by atoms with Crippen molar-refractivity contribution < 1.29 is 14.7 Å². The summed E-state index contributed by atoms with van der Waals surface area (Å²) in [6, 6.07) is -0.288. The highest BCUT2D eigenvalue weighted by molar-refractivity contribution is 5.76. The van der Waals surface area contributed by atoms with Crippen LogP contribution in [0, 0.1) is 5.92 Å². The topological polar surface area (TPSA) is 78.4 Å². The van der Waals surface area contributed by atoms with Gasteiger partial charge >= 0.3 is 12.0 Å². The van der Waals surface area contributed by atoms with Crippen LogP contribution in [0.15, 0.2) is 0 Å². The molecule has 0 radical (unpaired) electrons. The van der Waals surface area contributed by atoms with Gasteiger partial charge in [0.1, 0.15) is 0 Å². The van der Waals surface area contributed by atoms with Crippen molar-refractivity contribution in [3.05, 3.63) is 0 Å². The SMILES string of the molecule is CCCC(CNC(=O)NC(C)(CC)CC)C(=O)O. The van der Waals surface area contributed by atoms with Gasteiger partial charge in [-0.25, -0.2) is 4.79 Å². The van der Waals surface area contributed by atoms with Gasteiger partial charge in [-0.2, -0.15) is 0 Å². The van der Waals surface area contributed by atoms with Crippen molar-refractivity contribution in [3.8, 4) is 0 Å². The minimum absolute atomic E-state index is 0.179. The number of carboxylic acid groups (broad SMARTS) is 1. The van der Waals surface area contributed by atoms with Crippen molar-refractivity contribution in [3.63, 3.8) is 0 Å². The predicted molar refractivity (Wildman–Crippen MR) is 71.6 cm³/mol. The fourth-order valence-corrected chi connectivity index (χ4v) is 1.62. The molecule has 0 aliphatic heterocycles. The summed E-state index contributed by atoms with van der Waals surface area (Å²) in [7, 11) is 0. The molecule has 0 bridgehead atoms. The summed E-state index contributed by atoms with van der Waals surface area (Å²) in [6.07, 6.45) is 3.05. The maximum Gasteiger partial charge on any atom is 0.315 e. The molecular formula is C13H26N2O3. The minimum atomic E-state index is -0.856. The summed E-state index contributed by atoms with van der Waals surface area (Å²) in [4.78, 5) is 22.6. The van der Waals surface area contributed by atoms with Crippen LogP contribution in [0.2, 0.25) is 0 Å². The van der Waals surface area contributed by atoms with Gasteiger partial charge in [0.05, 0.1) is 5.92 Å². The van der Waals surface area contributed by atoms with E-state index in [9.17, 15) is 9.59 Å². The quantitative estimate of drug-likeness (QED) is 0.625. The zero-order valence-corrected chi connectivity index (χ0v) is 11.9. The van der Waals surface area contributed by atoms with E-state index in [2.05, 4.69) is 10.6 Å². The van der Waals surface area contributed by atoms with Crippen molar-refractivity contribution in [1.29, 1.82) is 0 Å². The molecular weight excluding hydrogens is 232 g/mol. The van der Waals surface area contributed by atoms with Gasteiger partial charge in [-0.05, 0) is 26.2 Å². The maximum atomic E-state index is 11.7. The summed E-state index contributed by atoms with van der Waals surface area (Å²) in [5.41, 5.74) is -0.229. The van der Waals surface area contributed by atoms with Gasteiger partial charge in [-0.15, -0.1) is 0 Å². The summed E-state index contributed by atoms with van der Waals surface area (Å²) >= 11 is 0. The van der Waals surface area contributed by atoms with Gasteiger partial charge in [-0.3, -0.25) is 4.79 Å². The number of nitrogens with one attached hydrogen (secondary N) is 2. The monoisotopic (exact) mass is 258 g/mol. The molecule has 1 unspecified atom stereocenters. The number of hydrogen-bond donors (Lipinski definition) is 3. The molecule has 0 saturated heterocycles. The van der Waals surface area contributed by atoms with E-state index < -0.39 is 11.9 Å². The lowest BCUT2D eigenvalue weighted by molar-refractivity contribution is -0.141. The van der Waals surface area contributed by atoms with Crippen molar-refractivity contribution in [1.82, 2.24) is 10.6 Å². The Kier molecular flexibility index (Phi) is 7.39. The third-order valence-corrected chi connectivity index (χ3v) is 3.47. The third kappa shape index (κ3) is 5.89. The number of hydrogen-bond acceptors (Lipinski definition) is 2. The van der Waals surface area contributed by atoms with E-state index in [0.29, 0.717) is 6.42 Å². The summed E-state index contributed by atoms with van der Waals surface area (Å²) < 4.78 is 0. The van der Waals surface area contributed by atoms with E-state index in [1.807, 2.05) is 27.7 Å². The third-order valence-electron chi connectivity index (χ3n) is 3.47. The van der Waals surface area contributed by atoms with Crippen LogP contribution in [0.25, 0.3) is 0 Å². The molecule has 0 fully saturated rings. The Balaban J connectivity index is 4.20. The van der Waals surface area contributed by atoms with Crippen molar-refractivity contribution in [2.24, 2.45) is 5.92 Å². The number of carboxylic acids is 1. The highest BCUT2D eigenvalue weighted by Gasteiger charge is 2.23. The molecule has 106 valence electrons. The Bertz CT molecular complexity index is 275. The van der Waals surface area contributed by atoms with Gasteiger partial charge in [0.25, 0.3) is 0 Å². The molecule has 0 aromatic heterocycles. The van der Waals surface area contributed by atoms with E-state index in [-0.39, 0.29) is 18.1 Å². The van der Waals surface area contributed by atoms with Gasteiger partial charge in [0.2, 0.25) is 0 Å². The van der Waals surface area contributed by atoms with Crippen LogP contribution in [-0.2, 0) is 4.79 Å². The van der Waals surface area contributed by atoms with E-state index in [1.165, 1.54) is 0 Å². The highest BCUT2D eigenvalue weighted by Crippen LogP contribution is 2.13. The predicted octanol–water partition coefficient (Wildman–Crippen LogP) is 2.37. The van der Waals surface area contributed by atoms with Crippen LogP contribution in [0.3, 0.4) is 0 Å². The zero-order chi connectivity index (χ0) is 14.2. The Morgan fingerprint density at radius 3 is 2.17 bits per heavy atom. The fraction of sp³-hybridized carbons (Fsp3) is 0.846. The summed E-state index contributed by atoms with van der Waals surface area (Å²) in [6.45, 7) is 8.12. The first-order valence-corrected chi connectivity index (χ1v) is 6.67. The van der Waals surface area contributed by atoms with Crippen molar-refractivity contribution in [2.45, 2.75) is 58.9 Å². The molecule has 2 amide bonds. The fourth-order valence-electron chi connectivity index (χ4n) is 1.62. The van der Waals surface area contributed by atoms with Crippen LogP contribution in [0.4, 0.5) is 4.79 Å². The molecule has 18 heavy (non-hydrogen) atoms. The number of urea groups is 1. The molecule has 0 aromatic rings. The van der Waals surface area contributed by atoms with Crippen LogP contribution < -0.4 is 10.6 Å². The Hall–Kier alpha value is -1.26. The Labute approximate surface area is 109 Å². The number of carbonyl (C=O) groups is 2. The average Bonchev–Trinajstić information content (AvgIpc) is 2.33. The number of amides is 2. The molecule has 3 N–H and O–H groups in total. The van der Waals surface area contributed by atoms with Gasteiger partial charge in [0.15, 0.2) is 0 Å². The number of carbonyl (C=O) groups excluding carboxylic acids is 1. The van der Waals surface area contributed by atoms with E-state index in [4.69, 9.17) is 5.11 Å². The number of rotatable bonds is 8. The number of aliphatic carboxylic acids is 1. The molecule has 0 aliphatic carbocycles. The second kappa shape index (κ2) is 7.95. The molecule has 0 heterocycles. The van der Waals surface area contributed by atoms with Crippen LogP contribution in [0.5, 0.6) is 0 Å². The van der Waals surface area contributed by atoms with Gasteiger partial charge in [0, 0.05) is 12.1 Å². The highest BCUT2D eigenvalue weighted by atomic mass is 16.4. The lowest BCUT2D eigenvalue weighted by Gasteiger charge is -2.28. The van der Waals surface area contributed by atoms with Crippen LogP contribution in [-0.4, -0.2) is 29.2 Å². The zero-order valence-electron chi connectivity index (χ0n) is 11.9. The van der Waals surface area contributed by atoms with Crippen LogP contribution >= 0.6 is 0 Å². The Morgan fingerprint density at radius 2 is 1.78 bits per heavy atom. The molecule has 0 saturated carbocycles. The van der Waals surface area contributed by atoms with E-state index in [0.717, 1.165) is 19.3 Å². The van der Waals surface area contributed by atoms with Gasteiger partial charge < -0.3 is 15.7 Å². The molecule has 0 aromatic carbocycles. The maximum absolute atomic E-state index is 11.7. The van der Waals surface area contributed by atoms with Gasteiger partial charge in [-0.1, -0.05) is 27.2 Å². The molecule has 0 rings (SSSR count). The van der Waals surface area contributed by atoms with E-state index in [1.54, 1.807) is 0 Å². The largest absolute Gasteiger partial charge is 0.481 e. The molecule has 1 atom stereocenters. The Morgan fingerprint density at radius 1 is 1.22 bits per heavy atom. The van der Waals surface area contributed by atoms with Crippen LogP contribution in [0.1, 0.15) is 53.4 Å². The molecule has 0 spiro atoms. The average molecular weight is 258 g/mol. The molecule has 0 aliphatic rings. The first-order valence-electron chi connectivity index (χ1n) is 6.67. The summed E-state index contributed by atoms with van der Waals surface area (Å²) in [5.74, 6) is -1.36. The van der Waals surface area contributed by atoms with E-state index >= 15 is 0 Å². The van der Waals surface area contributed by atoms with Crippen molar-refractivity contribution in [2.75, 3.05) is 6.54 Å². The standard InChI is InChI=1S/C13H26N2O3/c1-5-8-10(11(16)17)9-14-12(18)15-13(4,6-2)7-3/h10H,5-9H2,1-4H3,(H,16,17)(H2,14,15,18). The molecule has 5 heteroatoms. The van der Waals surface area contributed by atoms with Crippen molar-refractivity contribution >= 4 is 12.0 Å². The second-order valence-corrected chi connectivity index (χ2v) is 4.93. The minimum Gasteiger partial charge on any atom is -0.481 e. The summed E-state index contributed by atoms with van der Waals surface area (Å²) in [5, 5.41) is 14.5. The first kappa shape index (κ1) is 16.7.